The van der Waals surface area contributed by atoms with Crippen LogP contribution < -0.4 is 5.32 Å². The summed E-state index contributed by atoms with van der Waals surface area (Å²) in [6, 6.07) is 13.8. The minimum Gasteiger partial charge on any atom is -0.328 e. The molecule has 8 nitrogen and oxygen atoms in total. The fraction of sp³-hybridized carbons (Fsp3) is 0.227. The number of allylic oxidation sites excluding steroid dienone is 2. The van der Waals surface area contributed by atoms with Gasteiger partial charge in [0.25, 0.3) is 5.69 Å². The molecule has 2 aliphatic rings. The van der Waals surface area contributed by atoms with E-state index in [-0.39, 0.29) is 11.5 Å². The molecule has 5 rings (SSSR count). The van der Waals surface area contributed by atoms with Gasteiger partial charge in [0.05, 0.1) is 4.92 Å². The zero-order chi connectivity index (χ0) is 20.8. The first-order chi connectivity index (χ1) is 14.5. The molecular formula is C22H19N5O3. The van der Waals surface area contributed by atoms with Crippen LogP contribution in [-0.2, 0) is 4.79 Å². The number of carbonyl (C=O) groups excluding carboxylic acids is 1. The van der Waals surface area contributed by atoms with E-state index in [4.69, 9.17) is 5.10 Å². The first-order valence-electron chi connectivity index (χ1n) is 9.82. The van der Waals surface area contributed by atoms with Gasteiger partial charge < -0.3 is 5.32 Å². The summed E-state index contributed by atoms with van der Waals surface area (Å²) in [7, 11) is 0. The Hall–Kier alpha value is -3.81. The molecule has 0 bridgehead atoms. The van der Waals surface area contributed by atoms with E-state index in [1.54, 1.807) is 16.8 Å². The molecule has 150 valence electrons. The van der Waals surface area contributed by atoms with E-state index < -0.39 is 11.0 Å². The van der Waals surface area contributed by atoms with Crippen molar-refractivity contribution in [2.45, 2.75) is 32.2 Å². The molecule has 1 aliphatic heterocycles. The maximum atomic E-state index is 12.9. The topological polar surface area (TPSA) is 103 Å². The average Bonchev–Trinajstić information content (AvgIpc) is 3.16. The first-order valence-corrected chi connectivity index (χ1v) is 9.82. The molecular weight excluding hydrogens is 382 g/mol. The normalized spacial score (nSPS) is 17.9. The summed E-state index contributed by atoms with van der Waals surface area (Å²) in [6.45, 7) is 2.01. The molecule has 1 atom stereocenters. The molecule has 3 aromatic rings. The molecule has 0 amide bonds. The number of nitrogens with one attached hydrogen (secondary N) is 1. The average molecular weight is 401 g/mol. The zero-order valence-corrected chi connectivity index (χ0v) is 16.3. The lowest BCUT2D eigenvalue weighted by atomic mass is 9.85. The standard InChI is InChI=1S/C22H19N5O3/c1-13-4-2-5-15(12-13)21-24-22-23-17-6-3-7-18(28)19(17)20(26(22)25-21)14-8-10-16(11-9-14)27(29)30/h2,4-5,8-12,20H,3,6-7H2,1H3,(H,23,24,25). The lowest BCUT2D eigenvalue weighted by Crippen LogP contribution is -2.31. The predicted octanol–water partition coefficient (Wildman–Crippen LogP) is 4.18. The minimum atomic E-state index is -0.462. The number of fused-ring (bicyclic) bond motifs is 1. The van der Waals surface area contributed by atoms with Crippen LogP contribution in [0.4, 0.5) is 11.6 Å². The summed E-state index contributed by atoms with van der Waals surface area (Å²) in [4.78, 5) is 28.2. The molecule has 2 heterocycles. The van der Waals surface area contributed by atoms with Crippen molar-refractivity contribution in [1.82, 2.24) is 14.8 Å². The van der Waals surface area contributed by atoms with Gasteiger partial charge in [-0.25, -0.2) is 4.68 Å². The number of hydrogen-bond donors (Lipinski definition) is 1. The summed E-state index contributed by atoms with van der Waals surface area (Å²) < 4.78 is 1.72. The van der Waals surface area contributed by atoms with E-state index in [0.717, 1.165) is 35.2 Å². The number of nitro groups is 1. The Morgan fingerprint density at radius 3 is 2.70 bits per heavy atom. The number of aromatic nitrogens is 3. The number of hydrogen-bond acceptors (Lipinski definition) is 6. The van der Waals surface area contributed by atoms with E-state index in [9.17, 15) is 14.9 Å². The second-order valence-corrected chi connectivity index (χ2v) is 7.62. The Labute approximate surface area is 172 Å². The summed E-state index contributed by atoms with van der Waals surface area (Å²) in [5, 5.41) is 19.1. The van der Waals surface area contributed by atoms with Crippen molar-refractivity contribution in [3.63, 3.8) is 0 Å². The van der Waals surface area contributed by atoms with E-state index >= 15 is 0 Å². The number of benzene rings is 2. The van der Waals surface area contributed by atoms with Crippen molar-refractivity contribution in [1.29, 1.82) is 0 Å². The van der Waals surface area contributed by atoms with Crippen molar-refractivity contribution in [3.05, 3.63) is 81.0 Å². The Morgan fingerprint density at radius 1 is 1.17 bits per heavy atom. The van der Waals surface area contributed by atoms with Crippen molar-refractivity contribution in [3.8, 4) is 11.4 Å². The number of nitrogens with zero attached hydrogens (tertiary/aromatic N) is 4. The molecule has 1 aromatic heterocycles. The molecule has 2 aromatic carbocycles. The maximum absolute atomic E-state index is 12.9. The largest absolute Gasteiger partial charge is 0.328 e. The van der Waals surface area contributed by atoms with Crippen molar-refractivity contribution < 1.29 is 9.72 Å². The Balaban J connectivity index is 1.66. The van der Waals surface area contributed by atoms with Crippen LogP contribution in [-0.4, -0.2) is 25.5 Å². The van der Waals surface area contributed by atoms with E-state index in [1.807, 2.05) is 31.2 Å². The number of Topliss-reactive ketones (excluding diaryl/α,β-unsaturated/α-hetero) is 1. The van der Waals surface area contributed by atoms with Crippen LogP contribution in [0.1, 0.15) is 36.4 Å². The van der Waals surface area contributed by atoms with Gasteiger partial charge in [-0.2, -0.15) is 4.98 Å². The molecule has 1 N–H and O–H groups in total. The van der Waals surface area contributed by atoms with Gasteiger partial charge in [0.2, 0.25) is 5.95 Å². The quantitative estimate of drug-likeness (QED) is 0.522. The lowest BCUT2D eigenvalue weighted by Gasteiger charge is -2.32. The number of non-ortho nitro benzene ring substituents is 1. The fourth-order valence-electron chi connectivity index (χ4n) is 4.15. The fourth-order valence-corrected chi connectivity index (χ4v) is 4.15. The minimum absolute atomic E-state index is 0.0103. The monoisotopic (exact) mass is 401 g/mol. The number of carbonyl (C=O) groups is 1. The summed E-state index contributed by atoms with van der Waals surface area (Å²) in [5.41, 5.74) is 4.31. The Morgan fingerprint density at radius 2 is 1.97 bits per heavy atom. The van der Waals surface area contributed by atoms with Gasteiger partial charge in [0.1, 0.15) is 6.04 Å². The van der Waals surface area contributed by atoms with Gasteiger partial charge in [-0.1, -0.05) is 23.8 Å². The third kappa shape index (κ3) is 2.97. The first kappa shape index (κ1) is 18.2. The highest BCUT2D eigenvalue weighted by atomic mass is 16.6. The van der Waals surface area contributed by atoms with Crippen LogP contribution in [0.15, 0.2) is 59.8 Å². The summed E-state index contributed by atoms with van der Waals surface area (Å²) in [6.07, 6.45) is 2.03. The smallest absolute Gasteiger partial charge is 0.269 e. The van der Waals surface area contributed by atoms with Gasteiger partial charge in [-0.15, -0.1) is 5.10 Å². The summed E-state index contributed by atoms with van der Waals surface area (Å²) in [5.74, 6) is 1.22. The van der Waals surface area contributed by atoms with Crippen molar-refractivity contribution >= 4 is 17.4 Å². The SMILES string of the molecule is Cc1cccc(-c2nc3n(n2)C(c2ccc([N+](=O)[O-])cc2)C2=C(CCCC2=O)N3)c1. The van der Waals surface area contributed by atoms with Crippen LogP contribution >= 0.6 is 0 Å². The van der Waals surface area contributed by atoms with E-state index in [1.165, 1.54) is 12.1 Å². The number of ketones is 1. The second-order valence-electron chi connectivity index (χ2n) is 7.62. The van der Waals surface area contributed by atoms with Crippen molar-refractivity contribution in [2.75, 3.05) is 5.32 Å². The van der Waals surface area contributed by atoms with Gasteiger partial charge in [-0.3, -0.25) is 14.9 Å². The lowest BCUT2D eigenvalue weighted by molar-refractivity contribution is -0.384. The molecule has 1 aliphatic carbocycles. The highest BCUT2D eigenvalue weighted by molar-refractivity contribution is 5.99. The van der Waals surface area contributed by atoms with E-state index in [0.29, 0.717) is 23.8 Å². The molecule has 0 radical (unpaired) electrons. The molecule has 30 heavy (non-hydrogen) atoms. The van der Waals surface area contributed by atoms with Gasteiger partial charge in [-0.05, 0) is 43.5 Å². The third-order valence-corrected chi connectivity index (χ3v) is 5.56. The second kappa shape index (κ2) is 6.91. The molecule has 0 spiro atoms. The van der Waals surface area contributed by atoms with Crippen LogP contribution in [0.25, 0.3) is 11.4 Å². The third-order valence-electron chi connectivity index (χ3n) is 5.56. The molecule has 0 fully saturated rings. The highest BCUT2D eigenvalue weighted by Gasteiger charge is 2.37. The predicted molar refractivity (Wildman–Crippen MR) is 111 cm³/mol. The van der Waals surface area contributed by atoms with Gasteiger partial charge in [0.15, 0.2) is 11.6 Å². The summed E-state index contributed by atoms with van der Waals surface area (Å²) >= 11 is 0. The van der Waals surface area contributed by atoms with Crippen LogP contribution in [0, 0.1) is 17.0 Å². The Bertz CT molecular complexity index is 1210. The molecule has 1 unspecified atom stereocenters. The number of rotatable bonds is 3. The van der Waals surface area contributed by atoms with Gasteiger partial charge in [0, 0.05) is 35.4 Å². The number of aryl methyl sites for hydroxylation is 1. The van der Waals surface area contributed by atoms with Gasteiger partial charge >= 0.3 is 0 Å². The van der Waals surface area contributed by atoms with Crippen molar-refractivity contribution in [2.24, 2.45) is 0 Å². The molecule has 0 saturated heterocycles. The maximum Gasteiger partial charge on any atom is 0.269 e. The highest BCUT2D eigenvalue weighted by Crippen LogP contribution is 2.40. The number of anilines is 1. The van der Waals surface area contributed by atoms with E-state index in [2.05, 4.69) is 10.3 Å². The molecule has 8 heteroatoms. The number of nitro benzene ring substituents is 1. The van der Waals surface area contributed by atoms with Crippen LogP contribution in [0.2, 0.25) is 0 Å². The van der Waals surface area contributed by atoms with Crippen LogP contribution in [0.3, 0.4) is 0 Å². The molecule has 0 saturated carbocycles. The van der Waals surface area contributed by atoms with Crippen LogP contribution in [0.5, 0.6) is 0 Å². The Kier molecular flexibility index (Phi) is 4.20. The zero-order valence-electron chi connectivity index (χ0n) is 16.3.